The van der Waals surface area contributed by atoms with Crippen LogP contribution in [-0.2, 0) is 17.6 Å². The van der Waals surface area contributed by atoms with Crippen LogP contribution in [0.15, 0.2) is 42.5 Å². The maximum absolute atomic E-state index is 12.6. The molecule has 0 saturated carbocycles. The molecule has 0 saturated heterocycles. The fourth-order valence-electron chi connectivity index (χ4n) is 3.43. The molecular formula is C22H23N3O3S. The van der Waals surface area contributed by atoms with E-state index in [-0.39, 0.29) is 5.91 Å². The molecule has 6 nitrogen and oxygen atoms in total. The van der Waals surface area contributed by atoms with E-state index in [0.717, 1.165) is 41.3 Å². The summed E-state index contributed by atoms with van der Waals surface area (Å²) in [7, 11) is 1.63. The Hall–Kier alpha value is -2.93. The lowest BCUT2D eigenvalue weighted by Gasteiger charge is -2.21. The highest BCUT2D eigenvalue weighted by atomic mass is 32.1. The van der Waals surface area contributed by atoms with Gasteiger partial charge < -0.3 is 9.47 Å². The summed E-state index contributed by atoms with van der Waals surface area (Å²) >= 11 is 1.32. The van der Waals surface area contributed by atoms with Crippen molar-refractivity contribution in [2.45, 2.75) is 38.7 Å². The molecule has 0 spiro atoms. The minimum atomic E-state index is -0.628. The first-order chi connectivity index (χ1) is 14.1. The topological polar surface area (TPSA) is 73.3 Å². The summed E-state index contributed by atoms with van der Waals surface area (Å²) in [5.74, 6) is 1.35. The van der Waals surface area contributed by atoms with Gasteiger partial charge >= 0.3 is 0 Å². The van der Waals surface area contributed by atoms with Crippen LogP contribution < -0.4 is 14.8 Å². The highest BCUT2D eigenvalue weighted by Crippen LogP contribution is 2.31. The van der Waals surface area contributed by atoms with Crippen molar-refractivity contribution in [3.8, 4) is 22.1 Å². The van der Waals surface area contributed by atoms with Crippen LogP contribution in [0.25, 0.3) is 10.6 Å². The molecule has 0 bridgehead atoms. The molecule has 1 aliphatic carbocycles. The monoisotopic (exact) mass is 409 g/mol. The van der Waals surface area contributed by atoms with Gasteiger partial charge in [0, 0.05) is 5.56 Å². The van der Waals surface area contributed by atoms with Gasteiger partial charge in [0.15, 0.2) is 6.10 Å². The molecule has 1 N–H and O–H groups in total. The number of ether oxygens (including phenoxy) is 2. The molecule has 0 aliphatic heterocycles. The van der Waals surface area contributed by atoms with Crippen LogP contribution in [-0.4, -0.2) is 29.3 Å². The number of anilines is 1. The van der Waals surface area contributed by atoms with E-state index in [1.54, 1.807) is 14.0 Å². The van der Waals surface area contributed by atoms with Crippen molar-refractivity contribution in [2.24, 2.45) is 0 Å². The predicted octanol–water partition coefficient (Wildman–Crippen LogP) is 4.50. The average Bonchev–Trinajstić information content (AvgIpc) is 3.22. The quantitative estimate of drug-likeness (QED) is 0.649. The number of hydrogen-bond donors (Lipinski definition) is 1. The van der Waals surface area contributed by atoms with E-state index in [4.69, 9.17) is 9.47 Å². The van der Waals surface area contributed by atoms with E-state index in [0.29, 0.717) is 5.13 Å². The number of nitrogens with zero attached hydrogens (tertiary/aromatic N) is 2. The highest BCUT2D eigenvalue weighted by Gasteiger charge is 2.20. The highest BCUT2D eigenvalue weighted by molar-refractivity contribution is 7.18. The van der Waals surface area contributed by atoms with Crippen molar-refractivity contribution < 1.29 is 14.3 Å². The summed E-state index contributed by atoms with van der Waals surface area (Å²) in [5.41, 5.74) is 3.48. The number of carbonyl (C=O) groups excluding carboxylic acids is 1. The largest absolute Gasteiger partial charge is 0.497 e. The molecule has 0 fully saturated rings. The number of rotatable bonds is 6. The Morgan fingerprint density at radius 3 is 2.69 bits per heavy atom. The third-order valence-corrected chi connectivity index (χ3v) is 5.91. The van der Waals surface area contributed by atoms with Gasteiger partial charge in [-0.2, -0.15) is 0 Å². The summed E-state index contributed by atoms with van der Waals surface area (Å²) in [6.45, 7) is 1.75. The minimum Gasteiger partial charge on any atom is -0.497 e. The summed E-state index contributed by atoms with van der Waals surface area (Å²) < 4.78 is 11.2. The summed E-state index contributed by atoms with van der Waals surface area (Å²) in [4.78, 5) is 12.6. The number of carbonyl (C=O) groups is 1. The van der Waals surface area contributed by atoms with E-state index < -0.39 is 6.10 Å². The molecule has 4 rings (SSSR count). The molecule has 1 aliphatic rings. The molecule has 3 aromatic rings. The number of amides is 1. The Balaban J connectivity index is 1.41. The van der Waals surface area contributed by atoms with Gasteiger partial charge in [-0.3, -0.25) is 10.1 Å². The number of methoxy groups -OCH3 is 1. The van der Waals surface area contributed by atoms with E-state index in [1.165, 1.54) is 28.9 Å². The lowest BCUT2D eigenvalue weighted by molar-refractivity contribution is -0.122. The van der Waals surface area contributed by atoms with Crippen molar-refractivity contribution in [3.05, 3.63) is 53.6 Å². The van der Waals surface area contributed by atoms with Crippen LogP contribution in [0.2, 0.25) is 0 Å². The normalized spacial score (nSPS) is 14.0. The van der Waals surface area contributed by atoms with Crippen LogP contribution in [0.1, 0.15) is 30.9 Å². The van der Waals surface area contributed by atoms with E-state index in [2.05, 4.69) is 21.6 Å². The van der Waals surface area contributed by atoms with Gasteiger partial charge in [0.1, 0.15) is 16.5 Å². The average molecular weight is 410 g/mol. The first kappa shape index (κ1) is 19.4. The Morgan fingerprint density at radius 1 is 1.10 bits per heavy atom. The van der Waals surface area contributed by atoms with Crippen LogP contribution in [0.5, 0.6) is 11.5 Å². The molecule has 2 aromatic carbocycles. The van der Waals surface area contributed by atoms with Gasteiger partial charge in [0.25, 0.3) is 5.91 Å². The maximum Gasteiger partial charge on any atom is 0.266 e. The zero-order valence-electron chi connectivity index (χ0n) is 16.5. The first-order valence-electron chi connectivity index (χ1n) is 9.70. The van der Waals surface area contributed by atoms with Gasteiger partial charge in [-0.25, -0.2) is 0 Å². The van der Waals surface area contributed by atoms with Gasteiger partial charge in [-0.15, -0.1) is 10.2 Å². The number of hydrogen-bond acceptors (Lipinski definition) is 6. The summed E-state index contributed by atoms with van der Waals surface area (Å²) in [6.07, 6.45) is 3.82. The Kier molecular flexibility index (Phi) is 5.76. The minimum absolute atomic E-state index is 0.240. The summed E-state index contributed by atoms with van der Waals surface area (Å²) in [6, 6.07) is 13.6. The first-order valence-corrected chi connectivity index (χ1v) is 10.5. The van der Waals surface area contributed by atoms with Crippen LogP contribution in [0.4, 0.5) is 5.13 Å². The van der Waals surface area contributed by atoms with Crippen molar-refractivity contribution in [2.75, 3.05) is 12.4 Å². The maximum atomic E-state index is 12.6. The van der Waals surface area contributed by atoms with E-state index >= 15 is 0 Å². The number of fused-ring (bicyclic) bond motifs is 1. The molecule has 1 atom stereocenters. The molecule has 0 unspecified atom stereocenters. The molecule has 29 heavy (non-hydrogen) atoms. The zero-order chi connectivity index (χ0) is 20.2. The van der Waals surface area contributed by atoms with Crippen LogP contribution in [0.3, 0.4) is 0 Å². The molecule has 7 heteroatoms. The second kappa shape index (κ2) is 8.61. The van der Waals surface area contributed by atoms with Crippen molar-refractivity contribution in [1.82, 2.24) is 10.2 Å². The lowest BCUT2D eigenvalue weighted by atomic mass is 9.91. The molecule has 0 radical (unpaired) electrons. The number of benzene rings is 2. The Bertz CT molecular complexity index is 1000. The van der Waals surface area contributed by atoms with Crippen molar-refractivity contribution in [3.63, 3.8) is 0 Å². The van der Waals surface area contributed by atoms with Gasteiger partial charge in [0.05, 0.1) is 7.11 Å². The van der Waals surface area contributed by atoms with Gasteiger partial charge in [-0.1, -0.05) is 23.5 Å². The molecule has 150 valence electrons. The van der Waals surface area contributed by atoms with Crippen molar-refractivity contribution in [1.29, 1.82) is 0 Å². The van der Waals surface area contributed by atoms with Gasteiger partial charge in [-0.05, 0) is 74.1 Å². The third-order valence-electron chi connectivity index (χ3n) is 5.02. The van der Waals surface area contributed by atoms with E-state index in [1.807, 2.05) is 36.4 Å². The smallest absolute Gasteiger partial charge is 0.266 e. The predicted molar refractivity (Wildman–Crippen MR) is 114 cm³/mol. The number of aromatic nitrogens is 2. The fraction of sp³-hybridized carbons (Fsp3) is 0.318. The zero-order valence-corrected chi connectivity index (χ0v) is 17.3. The Labute approximate surface area is 173 Å². The second-order valence-electron chi connectivity index (χ2n) is 6.99. The Morgan fingerprint density at radius 2 is 1.90 bits per heavy atom. The molecule has 1 amide bonds. The van der Waals surface area contributed by atoms with E-state index in [9.17, 15) is 4.79 Å². The lowest BCUT2D eigenvalue weighted by Crippen LogP contribution is -2.30. The second-order valence-corrected chi connectivity index (χ2v) is 7.97. The standard InChI is InChI=1S/C22H23N3O3S/c1-14(28-19-9-5-7-15-6-3-4-8-18(15)19)20(26)23-22-25-24-21(29-22)16-10-12-17(27-2)13-11-16/h5,7,9-14H,3-4,6,8H2,1-2H3,(H,23,25,26)/t14-/m0/s1. The fourth-order valence-corrected chi connectivity index (χ4v) is 4.18. The van der Waals surface area contributed by atoms with Crippen LogP contribution >= 0.6 is 11.3 Å². The van der Waals surface area contributed by atoms with Gasteiger partial charge in [0.2, 0.25) is 5.13 Å². The molecule has 1 heterocycles. The SMILES string of the molecule is COc1ccc(-c2nnc(NC(=O)[C@H](C)Oc3cccc4c3CCCC4)s2)cc1. The summed E-state index contributed by atoms with van der Waals surface area (Å²) in [5, 5.41) is 12.2. The number of nitrogens with one attached hydrogen (secondary N) is 1. The van der Waals surface area contributed by atoms with Crippen molar-refractivity contribution >= 4 is 22.4 Å². The molecule has 1 aromatic heterocycles. The third kappa shape index (κ3) is 4.40. The molecular weight excluding hydrogens is 386 g/mol. The number of aryl methyl sites for hydroxylation is 1. The van der Waals surface area contributed by atoms with Crippen LogP contribution in [0, 0.1) is 0 Å².